The number of carbonyl (C=O) groups excluding carboxylic acids is 2. The number of likely N-dealkylation sites (tertiary alicyclic amines) is 1. The Morgan fingerprint density at radius 1 is 1.15 bits per heavy atom. The lowest BCUT2D eigenvalue weighted by Crippen LogP contribution is -2.65. The number of rotatable bonds is 6. The van der Waals surface area contributed by atoms with Gasteiger partial charge >= 0.3 is 19.2 Å². The molecule has 8 nitrogen and oxygen atoms in total. The van der Waals surface area contributed by atoms with Crippen molar-refractivity contribution in [3.63, 3.8) is 0 Å². The van der Waals surface area contributed by atoms with E-state index in [1.807, 2.05) is 39.0 Å². The molecule has 2 saturated heterocycles. The Balaban J connectivity index is 1.24. The van der Waals surface area contributed by atoms with E-state index >= 15 is 0 Å². The summed E-state index contributed by atoms with van der Waals surface area (Å²) < 4.78 is 18.9. The molecular formula is C30H46BN3O5. The second-order valence-corrected chi connectivity index (χ2v) is 13.8. The van der Waals surface area contributed by atoms with E-state index in [0.29, 0.717) is 31.3 Å². The molecule has 6 rings (SSSR count). The summed E-state index contributed by atoms with van der Waals surface area (Å²) in [6.07, 6.45) is 5.31. The van der Waals surface area contributed by atoms with Crippen LogP contribution in [0.1, 0.15) is 79.2 Å². The molecule has 0 radical (unpaired) electrons. The van der Waals surface area contributed by atoms with E-state index < -0.39 is 12.7 Å². The molecule has 2 N–H and O–H groups in total. The van der Waals surface area contributed by atoms with E-state index in [0.717, 1.165) is 31.2 Å². The molecule has 5 fully saturated rings. The zero-order valence-corrected chi connectivity index (χ0v) is 24.5. The van der Waals surface area contributed by atoms with Gasteiger partial charge < -0.3 is 29.6 Å². The average molecular weight is 540 g/mol. The van der Waals surface area contributed by atoms with Crippen molar-refractivity contribution in [3.05, 3.63) is 35.9 Å². The quantitative estimate of drug-likeness (QED) is 0.500. The standard InChI is InChI=1S/C30H46BN3O5/c1-28(2,3)37-27(36)34-15-11-10-14-22(34)19-32-26(35)33-25(16-20-12-8-7-9-13-20)31-38-24-18-21-17-23(29(21,4)5)30(24,6)39-31/h7-9,12-13,21-25H,10-11,14-19H2,1-6H3,(H2,32,33,35)/t21-,22-,23-,24+,25-,30-/m0/s1. The third-order valence-electron chi connectivity index (χ3n) is 9.67. The molecule has 3 aliphatic carbocycles. The Labute approximate surface area is 234 Å². The highest BCUT2D eigenvalue weighted by Crippen LogP contribution is 2.65. The van der Waals surface area contributed by atoms with Crippen molar-refractivity contribution >= 4 is 19.2 Å². The van der Waals surface area contributed by atoms with E-state index in [-0.39, 0.29) is 41.2 Å². The van der Waals surface area contributed by atoms with Crippen molar-refractivity contribution in [1.82, 2.24) is 15.5 Å². The van der Waals surface area contributed by atoms with E-state index in [2.05, 4.69) is 43.5 Å². The van der Waals surface area contributed by atoms with Gasteiger partial charge in [-0.1, -0.05) is 44.2 Å². The highest BCUT2D eigenvalue weighted by Gasteiger charge is 2.68. The van der Waals surface area contributed by atoms with Crippen LogP contribution in [0.5, 0.6) is 0 Å². The van der Waals surface area contributed by atoms with Gasteiger partial charge in [0.2, 0.25) is 0 Å². The monoisotopic (exact) mass is 539 g/mol. The normalized spacial score (nSPS) is 32.1. The molecule has 3 amide bonds. The van der Waals surface area contributed by atoms with Crippen LogP contribution < -0.4 is 10.6 Å². The van der Waals surface area contributed by atoms with Crippen LogP contribution in [-0.4, -0.2) is 66.5 Å². The number of nitrogens with zero attached hydrogens (tertiary/aromatic N) is 1. The highest BCUT2D eigenvalue weighted by atomic mass is 16.7. The van der Waals surface area contributed by atoms with Gasteiger partial charge in [-0.2, -0.15) is 0 Å². The van der Waals surface area contributed by atoms with Gasteiger partial charge in [-0.3, -0.25) is 0 Å². The number of amides is 3. The molecule has 1 aromatic carbocycles. The second-order valence-electron chi connectivity index (χ2n) is 13.8. The molecule has 5 aliphatic rings. The zero-order chi connectivity index (χ0) is 28.0. The van der Waals surface area contributed by atoms with Crippen molar-refractivity contribution < 1.29 is 23.6 Å². The average Bonchev–Trinajstić information content (AvgIpc) is 3.24. The lowest BCUT2D eigenvalue weighted by atomic mass is 9.43. The maximum Gasteiger partial charge on any atom is 0.482 e. The summed E-state index contributed by atoms with van der Waals surface area (Å²) in [5, 5.41) is 6.20. The Morgan fingerprint density at radius 2 is 1.90 bits per heavy atom. The predicted molar refractivity (Wildman–Crippen MR) is 151 cm³/mol. The van der Waals surface area contributed by atoms with E-state index in [1.165, 1.54) is 6.42 Å². The largest absolute Gasteiger partial charge is 0.482 e. The molecule has 6 atom stereocenters. The molecule has 214 valence electrons. The van der Waals surface area contributed by atoms with Gasteiger partial charge in [0.25, 0.3) is 0 Å². The van der Waals surface area contributed by atoms with Gasteiger partial charge in [0.15, 0.2) is 0 Å². The Bertz CT molecular complexity index is 1050. The molecule has 2 heterocycles. The molecule has 0 unspecified atom stereocenters. The van der Waals surface area contributed by atoms with Crippen LogP contribution in [0.3, 0.4) is 0 Å². The van der Waals surface area contributed by atoms with Gasteiger partial charge in [-0.15, -0.1) is 0 Å². The van der Waals surface area contributed by atoms with Crippen LogP contribution in [0.2, 0.25) is 0 Å². The van der Waals surface area contributed by atoms with Crippen LogP contribution in [0, 0.1) is 17.3 Å². The molecule has 1 aromatic rings. The summed E-state index contributed by atoms with van der Waals surface area (Å²) in [4.78, 5) is 27.8. The van der Waals surface area contributed by atoms with Gasteiger partial charge in [-0.25, -0.2) is 9.59 Å². The number of piperidine rings is 1. The maximum atomic E-state index is 13.3. The van der Waals surface area contributed by atoms with Crippen LogP contribution in [0.4, 0.5) is 9.59 Å². The molecule has 2 bridgehead atoms. The number of carbonyl (C=O) groups is 2. The third-order valence-corrected chi connectivity index (χ3v) is 9.67. The van der Waals surface area contributed by atoms with E-state index in [9.17, 15) is 9.59 Å². The fraction of sp³-hybridized carbons (Fsp3) is 0.733. The first kappa shape index (κ1) is 28.3. The number of nitrogens with one attached hydrogen (secondary N) is 2. The first-order valence-electron chi connectivity index (χ1n) is 14.8. The van der Waals surface area contributed by atoms with Crippen LogP contribution in [0.15, 0.2) is 30.3 Å². The van der Waals surface area contributed by atoms with Crippen LogP contribution in [-0.2, 0) is 20.5 Å². The minimum Gasteiger partial charge on any atom is -0.444 e. The van der Waals surface area contributed by atoms with Crippen LogP contribution in [0.25, 0.3) is 0 Å². The maximum absolute atomic E-state index is 13.3. The number of hydrogen-bond acceptors (Lipinski definition) is 5. The zero-order valence-electron chi connectivity index (χ0n) is 24.5. The van der Waals surface area contributed by atoms with Crippen molar-refractivity contribution in [2.45, 2.75) is 109 Å². The summed E-state index contributed by atoms with van der Waals surface area (Å²) in [5.41, 5.74) is 0.470. The van der Waals surface area contributed by atoms with Gasteiger partial charge in [0.1, 0.15) is 5.60 Å². The highest BCUT2D eigenvalue weighted by molar-refractivity contribution is 6.48. The fourth-order valence-electron chi connectivity index (χ4n) is 7.36. The number of benzene rings is 1. The minimum absolute atomic E-state index is 0.0482. The Morgan fingerprint density at radius 3 is 2.59 bits per heavy atom. The molecule has 2 aliphatic heterocycles. The van der Waals surface area contributed by atoms with Gasteiger partial charge in [-0.05, 0) is 89.0 Å². The number of hydrogen-bond donors (Lipinski definition) is 2. The number of urea groups is 1. The molecule has 3 saturated carbocycles. The Hall–Kier alpha value is -2.26. The lowest BCUT2D eigenvalue weighted by molar-refractivity contribution is -0.199. The molecule has 0 aromatic heterocycles. The molecule has 9 heteroatoms. The smallest absolute Gasteiger partial charge is 0.444 e. The van der Waals surface area contributed by atoms with Crippen LogP contribution >= 0.6 is 0 Å². The van der Waals surface area contributed by atoms with Gasteiger partial charge in [0.05, 0.1) is 23.7 Å². The van der Waals surface area contributed by atoms with Crippen molar-refractivity contribution in [2.24, 2.45) is 17.3 Å². The molecule has 0 spiro atoms. The minimum atomic E-state index is -0.556. The molecule has 39 heavy (non-hydrogen) atoms. The summed E-state index contributed by atoms with van der Waals surface area (Å²) in [6, 6.07) is 9.77. The lowest BCUT2D eigenvalue weighted by Gasteiger charge is -2.64. The van der Waals surface area contributed by atoms with E-state index in [1.54, 1.807) is 4.90 Å². The fourth-order valence-corrected chi connectivity index (χ4v) is 7.36. The summed E-state index contributed by atoms with van der Waals surface area (Å²) in [5.74, 6) is 0.772. The summed E-state index contributed by atoms with van der Waals surface area (Å²) >= 11 is 0. The van der Waals surface area contributed by atoms with Crippen molar-refractivity contribution in [3.8, 4) is 0 Å². The summed E-state index contributed by atoms with van der Waals surface area (Å²) in [6.45, 7) is 13.5. The SMILES string of the molecule is CC(C)(C)OC(=O)N1CCCC[C@H]1CNC(=O)N[C@@H](Cc1ccccc1)B1O[C@@H]2C[C@@H]3C[C@@H](C3(C)C)[C@]2(C)O1. The van der Waals surface area contributed by atoms with Crippen molar-refractivity contribution in [2.75, 3.05) is 13.1 Å². The second kappa shape index (κ2) is 10.6. The topological polar surface area (TPSA) is 89.1 Å². The predicted octanol–water partition coefficient (Wildman–Crippen LogP) is 4.95. The molecular weight excluding hydrogens is 493 g/mol. The van der Waals surface area contributed by atoms with E-state index in [4.69, 9.17) is 14.0 Å². The number of ether oxygens (including phenoxy) is 1. The third kappa shape index (κ3) is 5.80. The van der Waals surface area contributed by atoms with Crippen molar-refractivity contribution in [1.29, 1.82) is 0 Å². The van der Waals surface area contributed by atoms with Gasteiger partial charge in [0, 0.05) is 13.1 Å². The first-order chi connectivity index (χ1) is 18.4. The first-order valence-corrected chi connectivity index (χ1v) is 14.8. The summed E-state index contributed by atoms with van der Waals surface area (Å²) in [7, 11) is -0.519. The Kier molecular flexibility index (Phi) is 7.70.